The molecule has 1 saturated carbocycles. The van der Waals surface area contributed by atoms with E-state index in [9.17, 15) is 4.79 Å². The number of halogens is 1. The summed E-state index contributed by atoms with van der Waals surface area (Å²) in [6.07, 6.45) is 11.2. The van der Waals surface area contributed by atoms with Gasteiger partial charge in [-0.05, 0) is 18.9 Å². The van der Waals surface area contributed by atoms with Crippen LogP contribution in [0.15, 0.2) is 17.7 Å². The van der Waals surface area contributed by atoms with Crippen LogP contribution in [-0.2, 0) is 4.79 Å². The van der Waals surface area contributed by atoms with Gasteiger partial charge >= 0.3 is 0 Å². The van der Waals surface area contributed by atoms with E-state index in [2.05, 4.69) is 4.98 Å². The first kappa shape index (κ1) is 14.6. The molecule has 0 unspecified atom stereocenters. The summed E-state index contributed by atoms with van der Waals surface area (Å²) < 4.78 is 1.90. The quantitative estimate of drug-likeness (QED) is 0.804. The number of amides is 1. The van der Waals surface area contributed by atoms with Gasteiger partial charge in [0, 0.05) is 30.7 Å². The molecule has 3 rings (SSSR count). The van der Waals surface area contributed by atoms with Crippen LogP contribution in [0.5, 0.6) is 0 Å². The van der Waals surface area contributed by atoms with Gasteiger partial charge in [0.2, 0.25) is 5.91 Å². The van der Waals surface area contributed by atoms with Crippen LogP contribution >= 0.6 is 22.9 Å². The summed E-state index contributed by atoms with van der Waals surface area (Å²) in [6, 6.07) is 0.373. The van der Waals surface area contributed by atoms with Crippen molar-refractivity contribution in [2.45, 2.75) is 38.1 Å². The van der Waals surface area contributed by atoms with Crippen LogP contribution in [0.25, 0.3) is 11.0 Å². The average molecular weight is 324 g/mol. The molecule has 0 atom stereocenters. The number of hydrogen-bond donors (Lipinski definition) is 0. The molecular weight excluding hydrogens is 306 g/mol. The standard InChI is InChI=1S/C15H18ClN3OS/c1-18(11-5-3-2-4-6-11)13(20)8-7-12-14(16)17-15-19(12)9-10-21-15/h7-11H,2-6H2,1H3/b8-7+. The number of aromatic nitrogens is 2. The summed E-state index contributed by atoms with van der Waals surface area (Å²) in [5, 5.41) is 2.39. The maximum absolute atomic E-state index is 12.3. The summed E-state index contributed by atoms with van der Waals surface area (Å²) in [7, 11) is 1.89. The Balaban J connectivity index is 1.74. The van der Waals surface area contributed by atoms with Crippen LogP contribution in [0.4, 0.5) is 0 Å². The predicted octanol–water partition coefficient (Wildman–Crippen LogP) is 3.85. The number of thiazole rings is 1. The number of hydrogen-bond acceptors (Lipinski definition) is 3. The number of imidazole rings is 1. The first-order valence-electron chi connectivity index (χ1n) is 7.23. The van der Waals surface area contributed by atoms with E-state index < -0.39 is 0 Å². The van der Waals surface area contributed by atoms with E-state index in [0.717, 1.165) is 23.5 Å². The number of carbonyl (C=O) groups is 1. The zero-order valence-corrected chi connectivity index (χ0v) is 13.5. The van der Waals surface area contributed by atoms with Crippen molar-refractivity contribution in [3.63, 3.8) is 0 Å². The van der Waals surface area contributed by atoms with Crippen molar-refractivity contribution < 1.29 is 4.79 Å². The molecule has 112 valence electrons. The lowest BCUT2D eigenvalue weighted by Gasteiger charge is -2.30. The van der Waals surface area contributed by atoms with Crippen molar-refractivity contribution in [3.05, 3.63) is 28.5 Å². The fraction of sp³-hybridized carbons (Fsp3) is 0.467. The second kappa shape index (κ2) is 6.20. The second-order valence-corrected chi connectivity index (χ2v) is 6.65. The van der Waals surface area contributed by atoms with E-state index >= 15 is 0 Å². The zero-order valence-electron chi connectivity index (χ0n) is 12.0. The molecule has 1 aliphatic rings. The third kappa shape index (κ3) is 2.99. The topological polar surface area (TPSA) is 37.6 Å². The van der Waals surface area contributed by atoms with Gasteiger partial charge in [-0.15, -0.1) is 11.3 Å². The van der Waals surface area contributed by atoms with Crippen molar-refractivity contribution in [2.24, 2.45) is 0 Å². The predicted molar refractivity (Wildman–Crippen MR) is 86.8 cm³/mol. The lowest BCUT2D eigenvalue weighted by Crippen LogP contribution is -2.37. The highest BCUT2D eigenvalue weighted by molar-refractivity contribution is 7.15. The van der Waals surface area contributed by atoms with Gasteiger partial charge in [-0.3, -0.25) is 9.20 Å². The molecule has 0 aliphatic heterocycles. The Morgan fingerprint density at radius 1 is 1.48 bits per heavy atom. The van der Waals surface area contributed by atoms with Crippen molar-refractivity contribution in [1.82, 2.24) is 14.3 Å². The van der Waals surface area contributed by atoms with Crippen molar-refractivity contribution in [3.8, 4) is 0 Å². The Morgan fingerprint density at radius 2 is 2.24 bits per heavy atom. The molecule has 2 aromatic rings. The van der Waals surface area contributed by atoms with Gasteiger partial charge in [0.15, 0.2) is 10.1 Å². The van der Waals surface area contributed by atoms with Gasteiger partial charge in [0.25, 0.3) is 0 Å². The average Bonchev–Trinajstić information content (AvgIpc) is 3.06. The van der Waals surface area contributed by atoms with Gasteiger partial charge in [0.05, 0.1) is 5.69 Å². The first-order valence-corrected chi connectivity index (χ1v) is 8.48. The molecular formula is C15H18ClN3OS. The molecule has 0 radical (unpaired) electrons. The SMILES string of the molecule is CN(C(=O)/C=C/c1c(Cl)nc2sccn12)C1CCCCC1. The fourth-order valence-corrected chi connectivity index (χ4v) is 3.85. The van der Waals surface area contributed by atoms with E-state index in [1.54, 1.807) is 12.2 Å². The van der Waals surface area contributed by atoms with E-state index in [1.165, 1.54) is 30.6 Å². The van der Waals surface area contributed by atoms with Gasteiger partial charge in [-0.1, -0.05) is 30.9 Å². The maximum Gasteiger partial charge on any atom is 0.246 e. The molecule has 1 aliphatic carbocycles. The van der Waals surface area contributed by atoms with Crippen LogP contribution in [0.2, 0.25) is 5.15 Å². The van der Waals surface area contributed by atoms with Gasteiger partial charge in [-0.2, -0.15) is 0 Å². The molecule has 1 amide bonds. The molecule has 2 aromatic heterocycles. The molecule has 21 heavy (non-hydrogen) atoms. The van der Waals surface area contributed by atoms with Crippen LogP contribution in [0.1, 0.15) is 37.8 Å². The minimum Gasteiger partial charge on any atom is -0.339 e. The Hall–Kier alpha value is -1.33. The minimum atomic E-state index is 0.0307. The third-order valence-electron chi connectivity index (χ3n) is 4.11. The van der Waals surface area contributed by atoms with Crippen LogP contribution < -0.4 is 0 Å². The molecule has 0 N–H and O–H groups in total. The zero-order chi connectivity index (χ0) is 14.8. The molecule has 1 fully saturated rings. The lowest BCUT2D eigenvalue weighted by atomic mass is 9.94. The van der Waals surface area contributed by atoms with E-state index in [-0.39, 0.29) is 5.91 Å². The van der Waals surface area contributed by atoms with Crippen LogP contribution in [-0.4, -0.2) is 33.3 Å². The number of likely N-dealkylation sites (N-methyl/N-ethyl adjacent to an activating group) is 1. The van der Waals surface area contributed by atoms with E-state index in [1.807, 2.05) is 27.9 Å². The highest BCUT2D eigenvalue weighted by Crippen LogP contribution is 2.24. The molecule has 2 heterocycles. The Labute approximate surface area is 133 Å². The Bertz CT molecular complexity index is 670. The summed E-state index contributed by atoms with van der Waals surface area (Å²) in [5.41, 5.74) is 0.762. The van der Waals surface area contributed by atoms with Gasteiger partial charge in [0.1, 0.15) is 0 Å². The van der Waals surface area contributed by atoms with Crippen molar-refractivity contribution in [2.75, 3.05) is 7.05 Å². The first-order chi connectivity index (χ1) is 10.2. The summed E-state index contributed by atoms with van der Waals surface area (Å²) in [6.45, 7) is 0. The second-order valence-electron chi connectivity index (χ2n) is 5.42. The number of rotatable bonds is 3. The van der Waals surface area contributed by atoms with Crippen LogP contribution in [0.3, 0.4) is 0 Å². The fourth-order valence-electron chi connectivity index (χ4n) is 2.84. The number of carbonyl (C=O) groups excluding carboxylic acids is 1. The largest absolute Gasteiger partial charge is 0.339 e. The van der Waals surface area contributed by atoms with Gasteiger partial charge in [-0.25, -0.2) is 4.98 Å². The van der Waals surface area contributed by atoms with E-state index in [0.29, 0.717) is 11.2 Å². The Kier molecular flexibility index (Phi) is 4.31. The molecule has 4 nitrogen and oxygen atoms in total. The number of fused-ring (bicyclic) bond motifs is 1. The third-order valence-corrected chi connectivity index (χ3v) is 5.14. The normalized spacial score (nSPS) is 16.9. The van der Waals surface area contributed by atoms with Crippen molar-refractivity contribution >= 4 is 39.9 Å². The highest BCUT2D eigenvalue weighted by atomic mass is 35.5. The molecule has 0 spiro atoms. The Morgan fingerprint density at radius 3 is 3.00 bits per heavy atom. The molecule has 0 aromatic carbocycles. The monoisotopic (exact) mass is 323 g/mol. The molecule has 0 saturated heterocycles. The summed E-state index contributed by atoms with van der Waals surface area (Å²) in [4.78, 5) is 19.2. The van der Waals surface area contributed by atoms with Crippen molar-refractivity contribution in [1.29, 1.82) is 0 Å². The van der Waals surface area contributed by atoms with Crippen LogP contribution in [0, 0.1) is 0 Å². The van der Waals surface area contributed by atoms with Gasteiger partial charge < -0.3 is 4.90 Å². The highest BCUT2D eigenvalue weighted by Gasteiger charge is 2.20. The lowest BCUT2D eigenvalue weighted by molar-refractivity contribution is -0.127. The maximum atomic E-state index is 12.3. The summed E-state index contributed by atoms with van der Waals surface area (Å²) in [5.74, 6) is 0.0307. The summed E-state index contributed by atoms with van der Waals surface area (Å²) >= 11 is 7.64. The smallest absolute Gasteiger partial charge is 0.246 e. The molecule has 0 bridgehead atoms. The minimum absolute atomic E-state index is 0.0307. The number of nitrogens with zero attached hydrogens (tertiary/aromatic N) is 3. The molecule has 6 heteroatoms. The van der Waals surface area contributed by atoms with E-state index in [4.69, 9.17) is 11.6 Å².